The van der Waals surface area contributed by atoms with Gasteiger partial charge in [0, 0.05) is 23.8 Å². The third-order valence-electron chi connectivity index (χ3n) is 4.79. The Labute approximate surface area is 166 Å². The molecule has 29 heavy (non-hydrogen) atoms. The smallest absolute Gasteiger partial charge is 0.277 e. The number of rotatable bonds is 7. The number of benzene rings is 2. The number of carbonyl (C=O) groups is 1. The minimum absolute atomic E-state index is 0.0437. The molecule has 1 aliphatic carbocycles. The van der Waals surface area contributed by atoms with Crippen LogP contribution in [-0.4, -0.2) is 22.1 Å². The molecule has 0 aliphatic heterocycles. The highest BCUT2D eigenvalue weighted by atomic mass is 19.2. The number of amides is 1. The van der Waals surface area contributed by atoms with Crippen molar-refractivity contribution in [1.29, 1.82) is 0 Å². The van der Waals surface area contributed by atoms with Crippen LogP contribution in [0, 0.1) is 24.5 Å². The molecule has 0 spiro atoms. The fraction of sp³-hybridized carbons (Fsp3) is 0.238. The van der Waals surface area contributed by atoms with Gasteiger partial charge in [-0.05, 0) is 61.6 Å². The first kappa shape index (κ1) is 19.1. The number of imidazole rings is 1. The van der Waals surface area contributed by atoms with Crippen LogP contribution in [0.3, 0.4) is 0 Å². The Morgan fingerprint density at radius 2 is 2.10 bits per heavy atom. The number of halogens is 2. The van der Waals surface area contributed by atoms with Gasteiger partial charge in [-0.2, -0.15) is 0 Å². The van der Waals surface area contributed by atoms with Gasteiger partial charge in [-0.25, -0.2) is 19.2 Å². The standard InChI is InChI=1S/C21H20F2N4O2/c1-13-10-15(27-9-8-24-12-27)4-7-18(13)25-20-16(5-6-17(22)19(20)23)21(28)26-29-11-14-2-3-14/h4-10,12,14,25H,2-3,11H2,1H3,(H,26,28). The van der Waals surface area contributed by atoms with Crippen LogP contribution in [0.15, 0.2) is 49.1 Å². The second kappa shape index (κ2) is 8.00. The van der Waals surface area contributed by atoms with Crippen molar-refractivity contribution in [3.63, 3.8) is 0 Å². The average molecular weight is 398 g/mol. The van der Waals surface area contributed by atoms with E-state index in [4.69, 9.17) is 4.84 Å². The average Bonchev–Trinajstić information content (AvgIpc) is 3.36. The molecule has 1 heterocycles. The molecule has 0 unspecified atom stereocenters. The zero-order valence-electron chi connectivity index (χ0n) is 15.8. The number of nitrogens with zero attached hydrogens (tertiary/aromatic N) is 2. The van der Waals surface area contributed by atoms with Gasteiger partial charge in [0.1, 0.15) is 0 Å². The predicted octanol–water partition coefficient (Wildman–Crippen LogP) is 4.27. The van der Waals surface area contributed by atoms with Crippen LogP contribution >= 0.6 is 0 Å². The largest absolute Gasteiger partial charge is 0.352 e. The number of aromatic nitrogens is 2. The number of aryl methyl sites for hydroxylation is 1. The lowest BCUT2D eigenvalue weighted by Gasteiger charge is -2.16. The Balaban J connectivity index is 1.58. The van der Waals surface area contributed by atoms with Crippen molar-refractivity contribution >= 4 is 17.3 Å². The molecule has 0 atom stereocenters. The van der Waals surface area contributed by atoms with Crippen LogP contribution in [0.1, 0.15) is 28.8 Å². The highest BCUT2D eigenvalue weighted by molar-refractivity contribution is 6.00. The molecule has 6 nitrogen and oxygen atoms in total. The summed E-state index contributed by atoms with van der Waals surface area (Å²) >= 11 is 0. The SMILES string of the molecule is Cc1cc(-n2ccnc2)ccc1Nc1c(C(=O)NOCC2CC2)ccc(F)c1F. The lowest BCUT2D eigenvalue weighted by Crippen LogP contribution is -2.26. The summed E-state index contributed by atoms with van der Waals surface area (Å²) in [7, 11) is 0. The van der Waals surface area contributed by atoms with Gasteiger partial charge in [-0.1, -0.05) is 0 Å². The first-order valence-electron chi connectivity index (χ1n) is 9.29. The molecule has 0 bridgehead atoms. The van der Waals surface area contributed by atoms with Gasteiger partial charge in [0.15, 0.2) is 11.6 Å². The van der Waals surface area contributed by atoms with Crippen molar-refractivity contribution in [3.05, 3.63) is 71.8 Å². The molecule has 150 valence electrons. The van der Waals surface area contributed by atoms with Crippen molar-refractivity contribution in [2.24, 2.45) is 5.92 Å². The fourth-order valence-corrected chi connectivity index (χ4v) is 2.92. The Hall–Kier alpha value is -3.26. The Bertz CT molecular complexity index is 1030. The summed E-state index contributed by atoms with van der Waals surface area (Å²) in [5.41, 5.74) is 4.23. The summed E-state index contributed by atoms with van der Waals surface area (Å²) in [6.07, 6.45) is 7.28. The fourth-order valence-electron chi connectivity index (χ4n) is 2.92. The van der Waals surface area contributed by atoms with E-state index in [2.05, 4.69) is 15.8 Å². The van der Waals surface area contributed by atoms with E-state index in [1.807, 2.05) is 23.6 Å². The molecule has 2 aromatic carbocycles. The predicted molar refractivity (Wildman–Crippen MR) is 104 cm³/mol. The van der Waals surface area contributed by atoms with E-state index >= 15 is 0 Å². The van der Waals surface area contributed by atoms with Crippen molar-refractivity contribution in [1.82, 2.24) is 15.0 Å². The maximum absolute atomic E-state index is 14.5. The zero-order valence-corrected chi connectivity index (χ0v) is 15.8. The molecule has 3 aromatic rings. The summed E-state index contributed by atoms with van der Waals surface area (Å²) in [6.45, 7) is 2.24. The second-order valence-electron chi connectivity index (χ2n) is 7.06. The second-order valence-corrected chi connectivity index (χ2v) is 7.06. The first-order valence-corrected chi connectivity index (χ1v) is 9.29. The molecule has 1 fully saturated rings. The third kappa shape index (κ3) is 4.27. The van der Waals surface area contributed by atoms with Gasteiger partial charge in [-0.3, -0.25) is 9.63 Å². The molecule has 1 aromatic heterocycles. The van der Waals surface area contributed by atoms with Crippen molar-refractivity contribution in [2.75, 3.05) is 11.9 Å². The number of hydrogen-bond donors (Lipinski definition) is 2. The highest BCUT2D eigenvalue weighted by Gasteiger charge is 2.23. The van der Waals surface area contributed by atoms with E-state index in [1.165, 1.54) is 6.07 Å². The maximum atomic E-state index is 14.5. The minimum Gasteiger partial charge on any atom is -0.352 e. The quantitative estimate of drug-likeness (QED) is 0.583. The molecule has 1 saturated carbocycles. The van der Waals surface area contributed by atoms with Gasteiger partial charge >= 0.3 is 0 Å². The van der Waals surface area contributed by atoms with Crippen LogP contribution in [0.25, 0.3) is 5.69 Å². The number of hydroxylamine groups is 1. The zero-order chi connectivity index (χ0) is 20.4. The normalized spacial score (nSPS) is 13.3. The topological polar surface area (TPSA) is 68.2 Å². The van der Waals surface area contributed by atoms with E-state index < -0.39 is 17.5 Å². The monoisotopic (exact) mass is 398 g/mol. The van der Waals surface area contributed by atoms with Gasteiger partial charge in [0.05, 0.1) is 24.2 Å². The molecule has 2 N–H and O–H groups in total. The summed E-state index contributed by atoms with van der Waals surface area (Å²) in [6, 6.07) is 7.57. The van der Waals surface area contributed by atoms with Gasteiger partial charge in [-0.15, -0.1) is 0 Å². The van der Waals surface area contributed by atoms with Crippen LogP contribution in [0.5, 0.6) is 0 Å². The highest BCUT2D eigenvalue weighted by Crippen LogP contribution is 2.30. The Kier molecular flexibility index (Phi) is 5.26. The molecule has 0 saturated heterocycles. The van der Waals surface area contributed by atoms with E-state index in [9.17, 15) is 13.6 Å². The summed E-state index contributed by atoms with van der Waals surface area (Å²) in [5.74, 6) is -2.36. The summed E-state index contributed by atoms with van der Waals surface area (Å²) in [5, 5.41) is 2.86. The van der Waals surface area contributed by atoms with Crippen molar-refractivity contribution in [2.45, 2.75) is 19.8 Å². The van der Waals surface area contributed by atoms with E-state index in [-0.39, 0.29) is 11.3 Å². The number of anilines is 2. The molecule has 8 heteroatoms. The van der Waals surface area contributed by atoms with Crippen molar-refractivity contribution < 1.29 is 18.4 Å². The van der Waals surface area contributed by atoms with Crippen LogP contribution in [0.2, 0.25) is 0 Å². The van der Waals surface area contributed by atoms with Crippen LogP contribution in [-0.2, 0) is 4.84 Å². The van der Waals surface area contributed by atoms with Crippen molar-refractivity contribution in [3.8, 4) is 5.69 Å². The maximum Gasteiger partial charge on any atom is 0.277 e. The molecular weight excluding hydrogens is 378 g/mol. The lowest BCUT2D eigenvalue weighted by molar-refractivity contribution is 0.0270. The number of nitrogens with one attached hydrogen (secondary N) is 2. The number of carbonyl (C=O) groups excluding carboxylic acids is 1. The molecular formula is C21H20F2N4O2. The van der Waals surface area contributed by atoms with Gasteiger partial charge < -0.3 is 9.88 Å². The van der Waals surface area contributed by atoms with Crippen LogP contribution < -0.4 is 10.8 Å². The number of hydrogen-bond acceptors (Lipinski definition) is 4. The molecule has 4 rings (SSSR count). The summed E-state index contributed by atoms with van der Waals surface area (Å²) in [4.78, 5) is 21.6. The minimum atomic E-state index is -1.13. The first-order chi connectivity index (χ1) is 14.0. The van der Waals surface area contributed by atoms with E-state index in [0.29, 0.717) is 18.2 Å². The van der Waals surface area contributed by atoms with E-state index in [0.717, 1.165) is 30.2 Å². The van der Waals surface area contributed by atoms with Crippen LogP contribution in [0.4, 0.5) is 20.2 Å². The summed E-state index contributed by atoms with van der Waals surface area (Å²) < 4.78 is 30.2. The van der Waals surface area contributed by atoms with Gasteiger partial charge in [0.2, 0.25) is 0 Å². The Morgan fingerprint density at radius 1 is 1.28 bits per heavy atom. The molecule has 0 radical (unpaired) electrons. The lowest BCUT2D eigenvalue weighted by atomic mass is 10.1. The molecule has 1 amide bonds. The molecule has 1 aliphatic rings. The Morgan fingerprint density at radius 3 is 2.79 bits per heavy atom. The van der Waals surface area contributed by atoms with E-state index in [1.54, 1.807) is 24.8 Å². The third-order valence-corrected chi connectivity index (χ3v) is 4.79. The van der Waals surface area contributed by atoms with Gasteiger partial charge in [0.25, 0.3) is 5.91 Å².